The molecule has 2 heterocycles. The Balaban J connectivity index is 1.97. The average Bonchev–Trinajstić information content (AvgIpc) is 3.20. The van der Waals surface area contributed by atoms with E-state index in [1.54, 1.807) is 12.4 Å². The van der Waals surface area contributed by atoms with Crippen molar-refractivity contribution in [3.63, 3.8) is 0 Å². The average molecular weight is 423 g/mol. The summed E-state index contributed by atoms with van der Waals surface area (Å²) < 4.78 is 0. The number of ketones is 3. The lowest BCUT2D eigenvalue weighted by atomic mass is 9.73. The molecule has 2 N–H and O–H groups in total. The van der Waals surface area contributed by atoms with Crippen LogP contribution >= 0.6 is 0 Å². The molecule has 5 nitrogen and oxygen atoms in total. The topological polar surface area (TPSA) is 75.3 Å². The first-order valence-electron chi connectivity index (χ1n) is 11.2. The molecule has 2 aliphatic rings. The van der Waals surface area contributed by atoms with E-state index in [-0.39, 0.29) is 29.7 Å². The molecule has 0 saturated heterocycles. The summed E-state index contributed by atoms with van der Waals surface area (Å²) in [7, 11) is 0. The summed E-state index contributed by atoms with van der Waals surface area (Å²) in [6.45, 7) is 11.7. The Hall–Kier alpha value is -2.69. The maximum Gasteiger partial charge on any atom is 0.194 e. The van der Waals surface area contributed by atoms with Gasteiger partial charge in [-0.1, -0.05) is 58.9 Å². The fourth-order valence-corrected chi connectivity index (χ4v) is 4.75. The Labute approximate surface area is 185 Å². The molecule has 2 atom stereocenters. The summed E-state index contributed by atoms with van der Waals surface area (Å²) in [5.41, 5.74) is 1.000. The quantitative estimate of drug-likeness (QED) is 0.654. The second-order valence-electron chi connectivity index (χ2n) is 9.66. The Morgan fingerprint density at radius 1 is 0.968 bits per heavy atom. The minimum atomic E-state index is -1.11. The van der Waals surface area contributed by atoms with Crippen LogP contribution in [0.4, 0.5) is 0 Å². The van der Waals surface area contributed by atoms with E-state index in [1.165, 1.54) is 12.5 Å². The smallest absolute Gasteiger partial charge is 0.194 e. The zero-order valence-corrected chi connectivity index (χ0v) is 19.5. The van der Waals surface area contributed by atoms with Crippen molar-refractivity contribution < 1.29 is 14.4 Å². The Bertz CT molecular complexity index is 955. The lowest BCUT2D eigenvalue weighted by Gasteiger charge is -2.33. The molecule has 166 valence electrons. The molecule has 31 heavy (non-hydrogen) atoms. The molecule has 1 aromatic rings. The van der Waals surface area contributed by atoms with Crippen LogP contribution in [0.2, 0.25) is 0 Å². The lowest BCUT2D eigenvalue weighted by molar-refractivity contribution is -0.127. The minimum Gasteiger partial charge on any atom is -0.378 e. The third-order valence-electron chi connectivity index (χ3n) is 6.48. The molecule has 0 bridgehead atoms. The predicted octanol–water partition coefficient (Wildman–Crippen LogP) is 4.29. The van der Waals surface area contributed by atoms with Gasteiger partial charge in [0.1, 0.15) is 16.9 Å². The van der Waals surface area contributed by atoms with Gasteiger partial charge in [0.25, 0.3) is 0 Å². The molecule has 0 amide bonds. The summed E-state index contributed by atoms with van der Waals surface area (Å²) in [6, 6.07) is 8.04. The highest BCUT2D eigenvalue weighted by Gasteiger charge is 2.55. The molecule has 0 fully saturated rings. The number of nitrogens with one attached hydrogen (secondary N) is 2. The van der Waals surface area contributed by atoms with E-state index in [0.717, 1.165) is 5.56 Å². The van der Waals surface area contributed by atoms with Crippen LogP contribution in [0.15, 0.2) is 42.2 Å². The minimum absolute atomic E-state index is 0.0509. The summed E-state index contributed by atoms with van der Waals surface area (Å²) >= 11 is 0. The summed E-state index contributed by atoms with van der Waals surface area (Å²) in [5.74, 6) is 0.304. The molecule has 3 rings (SSSR count). The molecule has 5 heteroatoms. The number of hydrogen-bond donors (Lipinski definition) is 2. The fraction of sp³-hybridized carbons (Fsp3) is 0.500. The maximum absolute atomic E-state index is 13.8. The van der Waals surface area contributed by atoms with Crippen molar-refractivity contribution in [1.82, 2.24) is 10.6 Å². The van der Waals surface area contributed by atoms with Gasteiger partial charge in [-0.05, 0) is 42.7 Å². The standard InChI is InChI=1S/C26H34N2O3/c1-7-25(13-18(6)29)24(31)22(15-27-25)26(12-16(2)3)23(30)21(14-28-26)20-10-8-19(9-11-20)17(4)5/h8-11,14-17,27-28H,7,12-13H2,1-6H3/t25-,26-/m0/s1. The van der Waals surface area contributed by atoms with Crippen LogP contribution < -0.4 is 10.6 Å². The molecule has 1 aromatic carbocycles. The van der Waals surface area contributed by atoms with Crippen LogP contribution in [-0.2, 0) is 14.4 Å². The Morgan fingerprint density at radius 2 is 1.61 bits per heavy atom. The van der Waals surface area contributed by atoms with Gasteiger partial charge < -0.3 is 10.6 Å². The highest BCUT2D eigenvalue weighted by atomic mass is 16.1. The van der Waals surface area contributed by atoms with Crippen molar-refractivity contribution in [3.8, 4) is 0 Å². The highest BCUT2D eigenvalue weighted by Crippen LogP contribution is 2.41. The summed E-state index contributed by atoms with van der Waals surface area (Å²) in [4.78, 5) is 39.3. The molecule has 0 unspecified atom stereocenters. The van der Waals surface area contributed by atoms with Crippen molar-refractivity contribution in [3.05, 3.63) is 53.4 Å². The molecule has 0 saturated carbocycles. The number of rotatable bonds is 8. The van der Waals surface area contributed by atoms with Crippen LogP contribution in [0.3, 0.4) is 0 Å². The second-order valence-corrected chi connectivity index (χ2v) is 9.66. The van der Waals surface area contributed by atoms with Crippen molar-refractivity contribution in [2.45, 2.75) is 77.8 Å². The zero-order valence-electron chi connectivity index (χ0n) is 19.5. The number of Topliss-reactive ketones (excluding diaryl/α,β-unsaturated/α-hetero) is 3. The SMILES string of the molecule is CC[C@@]1(CC(C)=O)NC=C([C@]2(CC(C)C)NC=C(c3ccc(C(C)C)cc3)C2=O)C1=O. The van der Waals surface area contributed by atoms with Gasteiger partial charge in [0.2, 0.25) is 0 Å². The normalized spacial score (nSPS) is 25.5. The van der Waals surface area contributed by atoms with E-state index in [2.05, 4.69) is 24.5 Å². The van der Waals surface area contributed by atoms with E-state index in [0.29, 0.717) is 29.9 Å². The van der Waals surface area contributed by atoms with Crippen LogP contribution in [-0.4, -0.2) is 28.4 Å². The van der Waals surface area contributed by atoms with E-state index < -0.39 is 11.1 Å². The van der Waals surface area contributed by atoms with Crippen molar-refractivity contribution in [2.75, 3.05) is 0 Å². The molecule has 0 aliphatic carbocycles. The number of benzene rings is 1. The molecular weight excluding hydrogens is 388 g/mol. The van der Waals surface area contributed by atoms with Crippen LogP contribution in [0.5, 0.6) is 0 Å². The van der Waals surface area contributed by atoms with Crippen molar-refractivity contribution >= 4 is 22.9 Å². The van der Waals surface area contributed by atoms with Gasteiger partial charge in [-0.3, -0.25) is 14.4 Å². The zero-order chi connectivity index (χ0) is 23.0. The number of carbonyl (C=O) groups excluding carboxylic acids is 3. The monoisotopic (exact) mass is 422 g/mol. The first kappa shape index (κ1) is 23.0. The lowest BCUT2D eigenvalue weighted by Crippen LogP contribution is -2.54. The van der Waals surface area contributed by atoms with Crippen molar-refractivity contribution in [1.29, 1.82) is 0 Å². The number of carbonyl (C=O) groups is 3. The summed E-state index contributed by atoms with van der Waals surface area (Å²) in [5, 5.41) is 6.47. The largest absolute Gasteiger partial charge is 0.378 e. The molecule has 2 aliphatic heterocycles. The summed E-state index contributed by atoms with van der Waals surface area (Å²) in [6.07, 6.45) is 4.51. The molecular formula is C26H34N2O3. The van der Waals surface area contributed by atoms with Gasteiger partial charge in [0.05, 0.1) is 0 Å². The van der Waals surface area contributed by atoms with Gasteiger partial charge in [0.15, 0.2) is 11.6 Å². The van der Waals surface area contributed by atoms with Crippen molar-refractivity contribution in [2.24, 2.45) is 5.92 Å². The maximum atomic E-state index is 13.8. The molecule has 0 aromatic heterocycles. The van der Waals surface area contributed by atoms with E-state index in [9.17, 15) is 14.4 Å². The van der Waals surface area contributed by atoms with Gasteiger partial charge in [0, 0.05) is 30.0 Å². The van der Waals surface area contributed by atoms with Crippen LogP contribution in [0.25, 0.3) is 5.57 Å². The van der Waals surface area contributed by atoms with E-state index in [1.807, 2.05) is 45.0 Å². The molecule has 0 radical (unpaired) electrons. The first-order chi connectivity index (χ1) is 14.6. The fourth-order valence-electron chi connectivity index (χ4n) is 4.75. The van der Waals surface area contributed by atoms with Crippen LogP contribution in [0.1, 0.15) is 77.8 Å². The predicted molar refractivity (Wildman–Crippen MR) is 123 cm³/mol. The third kappa shape index (κ3) is 3.98. The van der Waals surface area contributed by atoms with E-state index >= 15 is 0 Å². The van der Waals surface area contributed by atoms with Crippen LogP contribution in [0, 0.1) is 5.92 Å². The number of hydrogen-bond acceptors (Lipinski definition) is 5. The second kappa shape index (κ2) is 8.45. The van der Waals surface area contributed by atoms with Gasteiger partial charge in [-0.15, -0.1) is 0 Å². The van der Waals surface area contributed by atoms with Gasteiger partial charge >= 0.3 is 0 Å². The third-order valence-corrected chi connectivity index (χ3v) is 6.48. The Kier molecular flexibility index (Phi) is 6.26. The highest BCUT2D eigenvalue weighted by molar-refractivity contribution is 6.31. The van der Waals surface area contributed by atoms with E-state index in [4.69, 9.17) is 0 Å². The van der Waals surface area contributed by atoms with Gasteiger partial charge in [-0.25, -0.2) is 0 Å². The first-order valence-corrected chi connectivity index (χ1v) is 11.2. The Morgan fingerprint density at radius 3 is 2.13 bits per heavy atom. The molecule has 0 spiro atoms. The van der Waals surface area contributed by atoms with Gasteiger partial charge in [-0.2, -0.15) is 0 Å².